The molecule has 1 atom stereocenters. The molecule has 1 unspecified atom stereocenters. The first kappa shape index (κ1) is 12.1. The molecule has 98 valence electrons. The third kappa shape index (κ3) is 2.90. The number of aromatic nitrogens is 1. The number of nitrogens with one attached hydrogen (secondary N) is 1. The zero-order valence-electron chi connectivity index (χ0n) is 11.2. The Morgan fingerprint density at radius 1 is 1.17 bits per heavy atom. The van der Waals surface area contributed by atoms with Gasteiger partial charge in [-0.15, -0.1) is 0 Å². The van der Waals surface area contributed by atoms with E-state index in [-0.39, 0.29) is 0 Å². The zero-order chi connectivity index (χ0) is 12.4. The van der Waals surface area contributed by atoms with Crippen LogP contribution in [0.2, 0.25) is 0 Å². The van der Waals surface area contributed by atoms with E-state index in [0.29, 0.717) is 12.1 Å². The summed E-state index contributed by atoms with van der Waals surface area (Å²) in [5, 5.41) is 3.76. The Morgan fingerprint density at radius 3 is 2.44 bits per heavy atom. The van der Waals surface area contributed by atoms with Crippen molar-refractivity contribution in [3.8, 4) is 0 Å². The molecule has 1 aromatic rings. The summed E-state index contributed by atoms with van der Waals surface area (Å²) in [5.41, 5.74) is 1.34. The lowest BCUT2D eigenvalue weighted by molar-refractivity contribution is 0.184. The molecular formula is C15H23N3. The van der Waals surface area contributed by atoms with E-state index in [1.807, 2.05) is 12.4 Å². The second kappa shape index (κ2) is 5.37. The van der Waals surface area contributed by atoms with Crippen LogP contribution in [0.1, 0.15) is 44.2 Å². The second-order valence-electron chi connectivity index (χ2n) is 5.71. The second-order valence-corrected chi connectivity index (χ2v) is 5.71. The third-order valence-corrected chi connectivity index (χ3v) is 4.28. The molecule has 1 aromatic heterocycles. The summed E-state index contributed by atoms with van der Waals surface area (Å²) in [7, 11) is 0. The molecule has 3 nitrogen and oxygen atoms in total. The Kier molecular flexibility index (Phi) is 3.62. The highest BCUT2D eigenvalue weighted by atomic mass is 15.2. The van der Waals surface area contributed by atoms with Gasteiger partial charge in [-0.05, 0) is 63.4 Å². The lowest BCUT2D eigenvalue weighted by Crippen LogP contribution is -2.44. The van der Waals surface area contributed by atoms with E-state index >= 15 is 0 Å². The molecule has 1 aliphatic carbocycles. The number of likely N-dealkylation sites (tertiary alicyclic amines) is 1. The minimum Gasteiger partial charge on any atom is -0.307 e. The molecular weight excluding hydrogens is 222 g/mol. The Morgan fingerprint density at radius 2 is 1.83 bits per heavy atom. The van der Waals surface area contributed by atoms with E-state index < -0.39 is 0 Å². The zero-order valence-corrected chi connectivity index (χ0v) is 11.2. The quantitative estimate of drug-likeness (QED) is 0.882. The number of hydrogen-bond donors (Lipinski definition) is 1. The van der Waals surface area contributed by atoms with Gasteiger partial charge in [0.05, 0.1) is 0 Å². The summed E-state index contributed by atoms with van der Waals surface area (Å²) in [5.74, 6) is 0. The number of pyridine rings is 1. The van der Waals surface area contributed by atoms with Gasteiger partial charge >= 0.3 is 0 Å². The van der Waals surface area contributed by atoms with Crippen LogP contribution in [0, 0.1) is 0 Å². The van der Waals surface area contributed by atoms with Crippen molar-refractivity contribution >= 4 is 0 Å². The maximum atomic E-state index is 4.08. The van der Waals surface area contributed by atoms with Crippen molar-refractivity contribution < 1.29 is 0 Å². The van der Waals surface area contributed by atoms with Crippen molar-refractivity contribution in [3.63, 3.8) is 0 Å². The Labute approximate surface area is 110 Å². The van der Waals surface area contributed by atoms with Gasteiger partial charge in [-0.2, -0.15) is 0 Å². The summed E-state index contributed by atoms with van der Waals surface area (Å²) in [6.07, 6.45) is 9.22. The highest BCUT2D eigenvalue weighted by Crippen LogP contribution is 2.29. The van der Waals surface area contributed by atoms with Crippen molar-refractivity contribution in [3.05, 3.63) is 30.1 Å². The van der Waals surface area contributed by atoms with Crippen LogP contribution in [-0.4, -0.2) is 35.1 Å². The van der Waals surface area contributed by atoms with Gasteiger partial charge < -0.3 is 10.2 Å². The van der Waals surface area contributed by atoms with Crippen molar-refractivity contribution in [1.82, 2.24) is 15.2 Å². The lowest BCUT2D eigenvalue weighted by Gasteiger charge is -2.34. The van der Waals surface area contributed by atoms with Crippen molar-refractivity contribution in [1.29, 1.82) is 0 Å². The van der Waals surface area contributed by atoms with Crippen LogP contribution in [0.5, 0.6) is 0 Å². The summed E-state index contributed by atoms with van der Waals surface area (Å²) in [6.45, 7) is 4.82. The van der Waals surface area contributed by atoms with Gasteiger partial charge in [-0.25, -0.2) is 0 Å². The Hall–Kier alpha value is -0.930. The Bertz CT molecular complexity index is 367. The maximum absolute atomic E-state index is 4.08. The molecule has 2 aliphatic rings. The summed E-state index contributed by atoms with van der Waals surface area (Å²) in [6, 6.07) is 6.27. The first-order chi connectivity index (χ1) is 8.83. The lowest BCUT2D eigenvalue weighted by atomic mass is 10.0. The van der Waals surface area contributed by atoms with Crippen molar-refractivity contribution in [2.75, 3.05) is 13.1 Å². The molecule has 1 saturated carbocycles. The van der Waals surface area contributed by atoms with E-state index in [4.69, 9.17) is 0 Å². The van der Waals surface area contributed by atoms with Crippen LogP contribution in [0.4, 0.5) is 0 Å². The Balaban J connectivity index is 1.48. The van der Waals surface area contributed by atoms with Crippen LogP contribution < -0.4 is 5.32 Å². The molecule has 1 aliphatic heterocycles. The van der Waals surface area contributed by atoms with Crippen LogP contribution in [0.15, 0.2) is 24.5 Å². The minimum absolute atomic E-state index is 0.436. The average Bonchev–Trinajstić information content (AvgIpc) is 3.25. The van der Waals surface area contributed by atoms with Crippen LogP contribution in [0.3, 0.4) is 0 Å². The van der Waals surface area contributed by atoms with Crippen LogP contribution in [0.25, 0.3) is 0 Å². The third-order valence-electron chi connectivity index (χ3n) is 4.28. The highest BCUT2D eigenvalue weighted by molar-refractivity contribution is 5.14. The molecule has 3 rings (SSSR count). The standard InChI is InChI=1S/C15H23N3/c1-12(13-4-8-16-9-5-13)17-14-6-10-18(11-7-14)15-2-3-15/h4-5,8-9,12,14-15,17H,2-3,6-7,10-11H2,1H3. The molecule has 0 radical (unpaired) electrons. The van der Waals surface area contributed by atoms with E-state index in [1.165, 1.54) is 44.3 Å². The first-order valence-electron chi connectivity index (χ1n) is 7.23. The van der Waals surface area contributed by atoms with Crippen molar-refractivity contribution in [2.24, 2.45) is 0 Å². The summed E-state index contributed by atoms with van der Waals surface area (Å²) < 4.78 is 0. The van der Waals surface area contributed by atoms with Gasteiger partial charge in [-0.3, -0.25) is 4.98 Å². The number of hydrogen-bond acceptors (Lipinski definition) is 3. The summed E-state index contributed by atoms with van der Waals surface area (Å²) in [4.78, 5) is 6.75. The molecule has 3 heteroatoms. The van der Waals surface area contributed by atoms with E-state index in [0.717, 1.165) is 6.04 Å². The fraction of sp³-hybridized carbons (Fsp3) is 0.667. The van der Waals surface area contributed by atoms with E-state index in [2.05, 4.69) is 34.3 Å². The van der Waals surface area contributed by atoms with Gasteiger partial charge in [0.25, 0.3) is 0 Å². The normalized spacial score (nSPS) is 24.1. The summed E-state index contributed by atoms with van der Waals surface area (Å²) >= 11 is 0. The van der Waals surface area contributed by atoms with Gasteiger partial charge in [0.1, 0.15) is 0 Å². The highest BCUT2D eigenvalue weighted by Gasteiger charge is 2.31. The molecule has 0 amide bonds. The predicted octanol–water partition coefficient (Wildman–Crippen LogP) is 2.36. The molecule has 2 fully saturated rings. The van der Waals surface area contributed by atoms with Crippen LogP contribution >= 0.6 is 0 Å². The van der Waals surface area contributed by atoms with Gasteiger partial charge in [0.2, 0.25) is 0 Å². The van der Waals surface area contributed by atoms with Gasteiger partial charge in [0.15, 0.2) is 0 Å². The van der Waals surface area contributed by atoms with E-state index in [1.54, 1.807) is 0 Å². The smallest absolute Gasteiger partial charge is 0.0295 e. The molecule has 0 aromatic carbocycles. The number of piperidine rings is 1. The van der Waals surface area contributed by atoms with Crippen LogP contribution in [-0.2, 0) is 0 Å². The molecule has 1 saturated heterocycles. The SMILES string of the molecule is CC(NC1CCN(C2CC2)CC1)c1ccncc1. The molecule has 18 heavy (non-hydrogen) atoms. The monoisotopic (exact) mass is 245 g/mol. The molecule has 0 bridgehead atoms. The largest absolute Gasteiger partial charge is 0.307 e. The molecule has 1 N–H and O–H groups in total. The maximum Gasteiger partial charge on any atom is 0.0295 e. The fourth-order valence-electron chi connectivity index (χ4n) is 2.97. The number of nitrogens with zero attached hydrogens (tertiary/aromatic N) is 2. The molecule has 0 spiro atoms. The van der Waals surface area contributed by atoms with Gasteiger partial charge in [0, 0.05) is 30.5 Å². The minimum atomic E-state index is 0.436. The first-order valence-corrected chi connectivity index (χ1v) is 7.23. The predicted molar refractivity (Wildman–Crippen MR) is 73.4 cm³/mol. The molecule has 2 heterocycles. The van der Waals surface area contributed by atoms with Gasteiger partial charge in [-0.1, -0.05) is 0 Å². The topological polar surface area (TPSA) is 28.2 Å². The fourth-order valence-corrected chi connectivity index (χ4v) is 2.97. The van der Waals surface area contributed by atoms with Crippen molar-refractivity contribution in [2.45, 2.75) is 50.7 Å². The number of rotatable bonds is 4. The average molecular weight is 245 g/mol. The van der Waals surface area contributed by atoms with E-state index in [9.17, 15) is 0 Å².